The molecule has 0 saturated carbocycles. The molecule has 0 saturated heterocycles. The number of rotatable bonds is 2. The highest BCUT2D eigenvalue weighted by Gasteiger charge is 2.00. The van der Waals surface area contributed by atoms with Gasteiger partial charge >= 0.3 is 0 Å². The molecule has 0 aliphatic carbocycles. The molecule has 78 valence electrons. The normalized spacial score (nSPS) is 8.50. The Morgan fingerprint density at radius 3 is 2.36 bits per heavy atom. The summed E-state index contributed by atoms with van der Waals surface area (Å²) in [5.74, 6) is 0. The predicted octanol–water partition coefficient (Wildman–Crippen LogP) is 3.24. The first-order valence-corrected chi connectivity index (χ1v) is 4.68. The molecule has 1 rings (SSSR count). The van der Waals surface area contributed by atoms with E-state index in [4.69, 9.17) is 0 Å². The zero-order chi connectivity index (χ0) is 11.1. The maximum Gasteiger partial charge on any atom is 0.248 e. The van der Waals surface area contributed by atoms with Crippen LogP contribution in [0.2, 0.25) is 0 Å². The summed E-state index contributed by atoms with van der Waals surface area (Å²) in [6.45, 7) is 13.1. The molecule has 2 nitrogen and oxygen atoms in total. The number of hydrogen-bond acceptors (Lipinski definition) is 1. The van der Waals surface area contributed by atoms with Gasteiger partial charge in [0.05, 0.1) is 0 Å². The minimum atomic E-state index is -0.104. The second kappa shape index (κ2) is 5.97. The zero-order valence-corrected chi connectivity index (χ0v) is 9.05. The molecule has 2 heteroatoms. The highest BCUT2D eigenvalue weighted by Crippen LogP contribution is 2.11. The van der Waals surface area contributed by atoms with Gasteiger partial charge in [-0.3, -0.25) is 4.79 Å². The number of aryl methyl sites for hydroxylation is 1. The van der Waals surface area contributed by atoms with Crippen LogP contribution in [0, 0.1) is 6.92 Å². The quantitative estimate of drug-likeness (QED) is 0.768. The molecule has 0 fully saturated rings. The first-order valence-electron chi connectivity index (χ1n) is 4.68. The number of aromatic nitrogens is 1. The van der Waals surface area contributed by atoms with Crippen molar-refractivity contribution in [2.45, 2.75) is 20.8 Å². The van der Waals surface area contributed by atoms with Gasteiger partial charge < -0.3 is 4.98 Å². The lowest BCUT2D eigenvalue weighted by atomic mass is 10.1. The zero-order valence-electron chi connectivity index (χ0n) is 9.05. The fraction of sp³-hybridized carbons (Fsp3) is 0.250. The van der Waals surface area contributed by atoms with Gasteiger partial charge in [-0.25, -0.2) is 0 Å². The van der Waals surface area contributed by atoms with Crippen LogP contribution in [0.15, 0.2) is 24.0 Å². The van der Waals surface area contributed by atoms with Crippen molar-refractivity contribution < 1.29 is 1.43 Å². The molecule has 1 aromatic heterocycles. The third-order valence-corrected chi connectivity index (χ3v) is 1.73. The summed E-state index contributed by atoms with van der Waals surface area (Å²) in [5, 5.41) is 0. The van der Waals surface area contributed by atoms with E-state index >= 15 is 0 Å². The van der Waals surface area contributed by atoms with Gasteiger partial charge in [0, 0.05) is 18.8 Å². The Kier molecular flexibility index (Phi) is 5.30. The second-order valence-corrected chi connectivity index (χ2v) is 2.55. The fourth-order valence-electron chi connectivity index (χ4n) is 1.15. The van der Waals surface area contributed by atoms with E-state index in [0.29, 0.717) is 0 Å². The van der Waals surface area contributed by atoms with Crippen molar-refractivity contribution in [1.82, 2.24) is 4.98 Å². The molecular formula is C12H19NO. The molecule has 0 bridgehead atoms. The smallest absolute Gasteiger partial charge is 0.248 e. The Labute approximate surface area is 86.5 Å². The second-order valence-electron chi connectivity index (χ2n) is 2.55. The van der Waals surface area contributed by atoms with E-state index in [1.807, 2.05) is 20.8 Å². The van der Waals surface area contributed by atoms with Crippen LogP contribution in [-0.4, -0.2) is 4.98 Å². The SMILES string of the molecule is C=Cc1[nH]c(=O)cc(C)c1C=C.CC.[HH]. The number of aromatic amines is 1. The van der Waals surface area contributed by atoms with Gasteiger partial charge in [0.2, 0.25) is 5.56 Å². The Hall–Kier alpha value is -1.57. The largest absolute Gasteiger partial charge is 0.322 e. The van der Waals surface area contributed by atoms with E-state index in [9.17, 15) is 4.79 Å². The Morgan fingerprint density at radius 1 is 1.36 bits per heavy atom. The molecule has 1 N–H and O–H groups in total. The number of H-pyrrole nitrogens is 1. The van der Waals surface area contributed by atoms with Crippen LogP contribution in [0.4, 0.5) is 0 Å². The summed E-state index contributed by atoms with van der Waals surface area (Å²) in [4.78, 5) is 13.7. The lowest BCUT2D eigenvalue weighted by Crippen LogP contribution is -2.08. The lowest BCUT2D eigenvalue weighted by molar-refractivity contribution is 1.17. The first kappa shape index (κ1) is 12.4. The minimum absolute atomic E-state index is 0. The number of hydrogen-bond donors (Lipinski definition) is 1. The van der Waals surface area contributed by atoms with Gasteiger partial charge in [0.15, 0.2) is 0 Å². The predicted molar refractivity (Wildman–Crippen MR) is 65.4 cm³/mol. The standard InChI is InChI=1S/C10H11NO.C2H6.H2/c1-4-8-7(3)6-10(12)11-9(8)5-2;1-2;/h4-6H,1-2H2,3H3,(H,11,12);1-2H3;1H. The van der Waals surface area contributed by atoms with Crippen LogP contribution in [-0.2, 0) is 0 Å². The van der Waals surface area contributed by atoms with Crippen molar-refractivity contribution in [2.24, 2.45) is 0 Å². The van der Waals surface area contributed by atoms with E-state index in [1.54, 1.807) is 18.2 Å². The van der Waals surface area contributed by atoms with Crippen LogP contribution in [0.25, 0.3) is 12.2 Å². The summed E-state index contributed by atoms with van der Waals surface area (Å²) in [7, 11) is 0. The van der Waals surface area contributed by atoms with Crippen molar-refractivity contribution in [3.8, 4) is 0 Å². The molecule has 1 heterocycles. The minimum Gasteiger partial charge on any atom is -0.322 e. The average Bonchev–Trinajstić information content (AvgIpc) is 2.19. The molecule has 0 radical (unpaired) electrons. The van der Waals surface area contributed by atoms with Gasteiger partial charge in [-0.15, -0.1) is 0 Å². The summed E-state index contributed by atoms with van der Waals surface area (Å²) >= 11 is 0. The first-order chi connectivity index (χ1) is 6.69. The summed E-state index contributed by atoms with van der Waals surface area (Å²) in [5.41, 5.74) is 2.48. The molecule has 0 spiro atoms. The summed E-state index contributed by atoms with van der Waals surface area (Å²) in [6, 6.07) is 1.55. The molecular weight excluding hydrogens is 174 g/mol. The number of nitrogens with one attached hydrogen (secondary N) is 1. The maximum absolute atomic E-state index is 11.0. The van der Waals surface area contributed by atoms with Crippen LogP contribution in [0.1, 0.15) is 32.1 Å². The van der Waals surface area contributed by atoms with E-state index in [0.717, 1.165) is 16.8 Å². The highest BCUT2D eigenvalue weighted by atomic mass is 16.1. The van der Waals surface area contributed by atoms with Gasteiger partial charge in [-0.1, -0.05) is 33.1 Å². The molecule has 0 aliphatic rings. The molecule has 0 atom stereocenters. The molecule has 0 aromatic carbocycles. The van der Waals surface area contributed by atoms with Crippen LogP contribution < -0.4 is 5.56 Å². The molecule has 14 heavy (non-hydrogen) atoms. The van der Waals surface area contributed by atoms with Gasteiger partial charge in [0.1, 0.15) is 0 Å². The van der Waals surface area contributed by atoms with Crippen LogP contribution >= 0.6 is 0 Å². The topological polar surface area (TPSA) is 32.9 Å². The summed E-state index contributed by atoms with van der Waals surface area (Å²) in [6.07, 6.45) is 3.33. The van der Waals surface area contributed by atoms with Crippen LogP contribution in [0.3, 0.4) is 0 Å². The lowest BCUT2D eigenvalue weighted by Gasteiger charge is -2.02. The van der Waals surface area contributed by atoms with Gasteiger partial charge in [0.25, 0.3) is 0 Å². The van der Waals surface area contributed by atoms with Crippen LogP contribution in [0.5, 0.6) is 0 Å². The Balaban J connectivity index is 0. The van der Waals surface area contributed by atoms with E-state index in [1.165, 1.54) is 0 Å². The molecule has 1 aromatic rings. The maximum atomic E-state index is 11.0. The van der Waals surface area contributed by atoms with Crippen molar-refractivity contribution >= 4 is 12.2 Å². The fourth-order valence-corrected chi connectivity index (χ4v) is 1.15. The van der Waals surface area contributed by atoms with Crippen molar-refractivity contribution in [3.05, 3.63) is 46.4 Å². The third-order valence-electron chi connectivity index (χ3n) is 1.73. The monoisotopic (exact) mass is 193 g/mol. The van der Waals surface area contributed by atoms with Crippen molar-refractivity contribution in [2.75, 3.05) is 0 Å². The van der Waals surface area contributed by atoms with Crippen molar-refractivity contribution in [1.29, 1.82) is 0 Å². The number of pyridine rings is 1. The molecule has 0 aliphatic heterocycles. The Morgan fingerprint density at radius 2 is 1.93 bits per heavy atom. The third kappa shape index (κ3) is 2.73. The summed E-state index contributed by atoms with van der Waals surface area (Å²) < 4.78 is 0. The average molecular weight is 193 g/mol. The highest BCUT2D eigenvalue weighted by molar-refractivity contribution is 5.62. The van der Waals surface area contributed by atoms with Gasteiger partial charge in [-0.05, 0) is 18.6 Å². The van der Waals surface area contributed by atoms with E-state index in [-0.39, 0.29) is 6.99 Å². The Bertz CT molecular complexity index is 380. The van der Waals surface area contributed by atoms with E-state index < -0.39 is 0 Å². The van der Waals surface area contributed by atoms with Gasteiger partial charge in [-0.2, -0.15) is 0 Å². The molecule has 0 amide bonds. The molecule has 0 unspecified atom stereocenters. The van der Waals surface area contributed by atoms with Crippen molar-refractivity contribution in [3.63, 3.8) is 0 Å². The van der Waals surface area contributed by atoms with E-state index in [2.05, 4.69) is 18.1 Å².